The Morgan fingerprint density at radius 2 is 2.06 bits per heavy atom. The third-order valence-corrected chi connectivity index (χ3v) is 5.20. The van der Waals surface area contributed by atoms with Crippen LogP contribution >= 0.6 is 23.4 Å². The summed E-state index contributed by atoms with van der Waals surface area (Å²) < 4.78 is 0. The SMILES string of the molecule is CCNC1CCCCC1Sc1ccccc1Cl. The van der Waals surface area contributed by atoms with Gasteiger partial charge in [0.25, 0.3) is 0 Å². The molecule has 3 heteroatoms. The average Bonchev–Trinajstić information content (AvgIpc) is 2.35. The van der Waals surface area contributed by atoms with Crippen LogP contribution in [0.3, 0.4) is 0 Å². The first-order valence-corrected chi connectivity index (χ1v) is 7.71. The highest BCUT2D eigenvalue weighted by Crippen LogP contribution is 2.36. The van der Waals surface area contributed by atoms with Crippen molar-refractivity contribution in [3.05, 3.63) is 29.3 Å². The Morgan fingerprint density at radius 1 is 1.29 bits per heavy atom. The van der Waals surface area contributed by atoms with Crippen LogP contribution in [0.25, 0.3) is 0 Å². The monoisotopic (exact) mass is 269 g/mol. The molecule has 0 spiro atoms. The van der Waals surface area contributed by atoms with Gasteiger partial charge in [-0.25, -0.2) is 0 Å². The van der Waals surface area contributed by atoms with E-state index in [1.54, 1.807) is 0 Å². The summed E-state index contributed by atoms with van der Waals surface area (Å²) in [5, 5.41) is 5.17. The summed E-state index contributed by atoms with van der Waals surface area (Å²) in [5.41, 5.74) is 0. The number of halogens is 1. The van der Waals surface area contributed by atoms with Gasteiger partial charge in [0.15, 0.2) is 0 Å². The van der Waals surface area contributed by atoms with Crippen LogP contribution in [0.2, 0.25) is 5.02 Å². The molecule has 1 saturated carbocycles. The average molecular weight is 270 g/mol. The second kappa shape index (κ2) is 6.67. The van der Waals surface area contributed by atoms with E-state index >= 15 is 0 Å². The number of hydrogen-bond acceptors (Lipinski definition) is 2. The lowest BCUT2D eigenvalue weighted by molar-refractivity contribution is 0.391. The van der Waals surface area contributed by atoms with Crippen molar-refractivity contribution >= 4 is 23.4 Å². The minimum absolute atomic E-state index is 0.648. The predicted octanol–water partition coefficient (Wildman–Crippen LogP) is 4.35. The standard InChI is InChI=1S/C14H20ClNS/c1-2-16-12-8-4-6-10-14(12)17-13-9-5-3-7-11(13)15/h3,5,7,9,12,14,16H,2,4,6,8,10H2,1H3. The van der Waals surface area contributed by atoms with E-state index in [-0.39, 0.29) is 0 Å². The summed E-state index contributed by atoms with van der Waals surface area (Å²) in [7, 11) is 0. The zero-order valence-electron chi connectivity index (χ0n) is 10.3. The maximum Gasteiger partial charge on any atom is 0.0541 e. The first-order chi connectivity index (χ1) is 8.31. The summed E-state index contributed by atoms with van der Waals surface area (Å²) in [4.78, 5) is 1.23. The fraction of sp³-hybridized carbons (Fsp3) is 0.571. The summed E-state index contributed by atoms with van der Waals surface area (Å²) in [6.45, 7) is 3.25. The van der Waals surface area contributed by atoms with Crippen LogP contribution in [0.15, 0.2) is 29.2 Å². The number of benzene rings is 1. The van der Waals surface area contributed by atoms with Crippen molar-refractivity contribution in [2.24, 2.45) is 0 Å². The summed E-state index contributed by atoms with van der Waals surface area (Å²) in [6, 6.07) is 8.82. The van der Waals surface area contributed by atoms with Crippen molar-refractivity contribution in [2.45, 2.75) is 48.8 Å². The van der Waals surface area contributed by atoms with E-state index in [0.717, 1.165) is 11.6 Å². The van der Waals surface area contributed by atoms with Crippen molar-refractivity contribution in [1.82, 2.24) is 5.32 Å². The molecule has 1 aliphatic rings. The second-order valence-corrected chi connectivity index (χ2v) is 6.22. The minimum atomic E-state index is 0.648. The molecule has 94 valence electrons. The van der Waals surface area contributed by atoms with Crippen molar-refractivity contribution in [1.29, 1.82) is 0 Å². The molecular weight excluding hydrogens is 250 g/mol. The molecule has 0 heterocycles. The lowest BCUT2D eigenvalue weighted by atomic mass is 9.95. The van der Waals surface area contributed by atoms with Crippen LogP contribution in [0.1, 0.15) is 32.6 Å². The molecule has 0 radical (unpaired) electrons. The lowest BCUT2D eigenvalue weighted by Crippen LogP contribution is -2.40. The van der Waals surface area contributed by atoms with Crippen molar-refractivity contribution in [2.75, 3.05) is 6.54 Å². The molecule has 2 rings (SSSR count). The fourth-order valence-corrected chi connectivity index (χ4v) is 4.05. The molecule has 0 amide bonds. The first-order valence-electron chi connectivity index (χ1n) is 6.46. The molecule has 1 aromatic carbocycles. The molecule has 2 atom stereocenters. The van der Waals surface area contributed by atoms with Gasteiger partial charge in [0.1, 0.15) is 0 Å². The van der Waals surface area contributed by atoms with Gasteiger partial charge >= 0.3 is 0 Å². The van der Waals surface area contributed by atoms with E-state index in [0.29, 0.717) is 11.3 Å². The largest absolute Gasteiger partial charge is 0.313 e. The van der Waals surface area contributed by atoms with Gasteiger partial charge < -0.3 is 5.32 Å². The highest BCUT2D eigenvalue weighted by molar-refractivity contribution is 8.00. The number of hydrogen-bond donors (Lipinski definition) is 1. The third-order valence-electron chi connectivity index (χ3n) is 3.28. The Labute approximate surface area is 113 Å². The van der Waals surface area contributed by atoms with Crippen LogP contribution in [-0.2, 0) is 0 Å². The fourth-order valence-electron chi connectivity index (χ4n) is 2.44. The van der Waals surface area contributed by atoms with E-state index in [4.69, 9.17) is 11.6 Å². The Bertz CT molecular complexity index is 354. The zero-order valence-corrected chi connectivity index (χ0v) is 11.9. The van der Waals surface area contributed by atoms with Crippen LogP contribution in [0, 0.1) is 0 Å². The van der Waals surface area contributed by atoms with Crippen molar-refractivity contribution in [3.63, 3.8) is 0 Å². The van der Waals surface area contributed by atoms with Gasteiger partial charge in [-0.1, -0.05) is 43.5 Å². The Morgan fingerprint density at radius 3 is 2.82 bits per heavy atom. The van der Waals surface area contributed by atoms with E-state index in [2.05, 4.69) is 24.4 Å². The van der Waals surface area contributed by atoms with Gasteiger partial charge in [0.05, 0.1) is 5.02 Å². The molecule has 0 aromatic heterocycles. The van der Waals surface area contributed by atoms with Crippen LogP contribution in [0.4, 0.5) is 0 Å². The van der Waals surface area contributed by atoms with Crippen LogP contribution in [0.5, 0.6) is 0 Å². The molecule has 0 saturated heterocycles. The maximum absolute atomic E-state index is 6.23. The molecule has 1 nitrogen and oxygen atoms in total. The molecular formula is C14H20ClNS. The van der Waals surface area contributed by atoms with Gasteiger partial charge in [-0.2, -0.15) is 0 Å². The predicted molar refractivity (Wildman–Crippen MR) is 77.0 cm³/mol. The van der Waals surface area contributed by atoms with Gasteiger partial charge in [-0.15, -0.1) is 11.8 Å². The van der Waals surface area contributed by atoms with Crippen molar-refractivity contribution in [3.8, 4) is 0 Å². The normalized spacial score (nSPS) is 24.8. The van der Waals surface area contributed by atoms with E-state index in [1.165, 1.54) is 30.6 Å². The topological polar surface area (TPSA) is 12.0 Å². The molecule has 17 heavy (non-hydrogen) atoms. The lowest BCUT2D eigenvalue weighted by Gasteiger charge is -2.31. The Kier molecular flexibility index (Phi) is 5.20. The Balaban J connectivity index is 2.03. The number of nitrogens with one attached hydrogen (secondary N) is 1. The summed E-state index contributed by atoms with van der Waals surface area (Å²) in [6.07, 6.45) is 5.31. The molecule has 1 aromatic rings. The summed E-state index contributed by atoms with van der Waals surface area (Å²) >= 11 is 8.17. The summed E-state index contributed by atoms with van der Waals surface area (Å²) in [5.74, 6) is 0. The van der Waals surface area contributed by atoms with Crippen molar-refractivity contribution < 1.29 is 0 Å². The molecule has 1 N–H and O–H groups in total. The minimum Gasteiger partial charge on any atom is -0.313 e. The van der Waals surface area contributed by atoms with E-state index < -0.39 is 0 Å². The Hall–Kier alpha value is -0.180. The number of thioether (sulfide) groups is 1. The van der Waals surface area contributed by atoms with Gasteiger partial charge in [0, 0.05) is 16.2 Å². The van der Waals surface area contributed by atoms with Crippen LogP contribution in [-0.4, -0.2) is 17.8 Å². The molecule has 1 fully saturated rings. The highest BCUT2D eigenvalue weighted by Gasteiger charge is 2.25. The maximum atomic E-state index is 6.23. The van der Waals surface area contributed by atoms with Gasteiger partial charge in [-0.3, -0.25) is 0 Å². The van der Waals surface area contributed by atoms with Gasteiger partial charge in [0.2, 0.25) is 0 Å². The molecule has 2 unspecified atom stereocenters. The van der Waals surface area contributed by atoms with E-state index in [1.807, 2.05) is 23.9 Å². The number of rotatable bonds is 4. The quantitative estimate of drug-likeness (QED) is 0.872. The molecule has 0 bridgehead atoms. The molecule has 0 aliphatic heterocycles. The van der Waals surface area contributed by atoms with Gasteiger partial charge in [-0.05, 0) is 31.5 Å². The molecule has 1 aliphatic carbocycles. The van der Waals surface area contributed by atoms with E-state index in [9.17, 15) is 0 Å². The second-order valence-electron chi connectivity index (χ2n) is 4.54. The smallest absolute Gasteiger partial charge is 0.0541 e. The van der Waals surface area contributed by atoms with Crippen LogP contribution < -0.4 is 5.32 Å². The highest BCUT2D eigenvalue weighted by atomic mass is 35.5. The third kappa shape index (κ3) is 3.64. The first kappa shape index (κ1) is 13.3. The zero-order chi connectivity index (χ0) is 12.1.